The van der Waals surface area contributed by atoms with E-state index in [-0.39, 0.29) is 11.6 Å². The van der Waals surface area contributed by atoms with Crippen LogP contribution in [0.5, 0.6) is 0 Å². The van der Waals surface area contributed by atoms with Gasteiger partial charge in [0, 0.05) is 17.5 Å². The highest BCUT2D eigenvalue weighted by molar-refractivity contribution is 5.98. The molecule has 0 saturated carbocycles. The zero-order valence-electron chi connectivity index (χ0n) is 9.89. The van der Waals surface area contributed by atoms with Crippen molar-refractivity contribution in [3.63, 3.8) is 0 Å². The Bertz CT molecular complexity index is 559. The number of carbonyl (C=O) groups excluding carboxylic acids is 1. The summed E-state index contributed by atoms with van der Waals surface area (Å²) in [5.41, 5.74) is 7.69. The monoisotopic (exact) mass is 238 g/mol. The molecule has 3 heteroatoms. The topological polar surface area (TPSA) is 66.9 Å². The average molecular weight is 238 g/mol. The van der Waals surface area contributed by atoms with Crippen LogP contribution in [0, 0.1) is 5.41 Å². The zero-order valence-corrected chi connectivity index (χ0v) is 9.89. The second-order valence-corrected chi connectivity index (χ2v) is 4.08. The summed E-state index contributed by atoms with van der Waals surface area (Å²) in [5.74, 6) is 0.127. The van der Waals surface area contributed by atoms with Crippen molar-refractivity contribution in [2.45, 2.75) is 6.42 Å². The van der Waals surface area contributed by atoms with Crippen LogP contribution in [0.1, 0.15) is 21.5 Å². The van der Waals surface area contributed by atoms with E-state index in [4.69, 9.17) is 11.1 Å². The summed E-state index contributed by atoms with van der Waals surface area (Å²) in [6.07, 6.45) is 0.363. The molecule has 0 atom stereocenters. The number of carbonyl (C=O) groups is 1. The second-order valence-electron chi connectivity index (χ2n) is 4.08. The highest BCUT2D eigenvalue weighted by atomic mass is 16.1. The van der Waals surface area contributed by atoms with E-state index in [0.29, 0.717) is 17.5 Å². The van der Waals surface area contributed by atoms with E-state index in [0.717, 1.165) is 5.56 Å². The Labute approximate surface area is 106 Å². The van der Waals surface area contributed by atoms with E-state index >= 15 is 0 Å². The van der Waals surface area contributed by atoms with Crippen LogP contribution >= 0.6 is 0 Å². The first-order valence-electron chi connectivity index (χ1n) is 5.68. The summed E-state index contributed by atoms with van der Waals surface area (Å²) in [6.45, 7) is 0. The Balaban J connectivity index is 2.10. The molecular weight excluding hydrogens is 224 g/mol. The number of hydrogen-bond donors (Lipinski definition) is 2. The molecule has 0 aromatic heterocycles. The summed E-state index contributed by atoms with van der Waals surface area (Å²) in [6, 6.07) is 16.4. The quantitative estimate of drug-likeness (QED) is 0.488. The van der Waals surface area contributed by atoms with Crippen molar-refractivity contribution in [1.82, 2.24) is 0 Å². The van der Waals surface area contributed by atoms with Crippen LogP contribution in [0.25, 0.3) is 0 Å². The Morgan fingerprint density at radius 2 is 1.56 bits per heavy atom. The van der Waals surface area contributed by atoms with Gasteiger partial charge in [0.05, 0.1) is 0 Å². The molecule has 3 nitrogen and oxygen atoms in total. The molecule has 2 aromatic carbocycles. The smallest absolute Gasteiger partial charge is 0.167 e. The largest absolute Gasteiger partial charge is 0.384 e. The standard InChI is InChI=1S/C15H14N2O/c16-15(17)13-8-6-11(7-9-13)10-14(18)12-4-2-1-3-5-12/h1-9H,10H2,(H3,16,17). The fourth-order valence-electron chi connectivity index (χ4n) is 1.71. The van der Waals surface area contributed by atoms with Crippen molar-refractivity contribution in [2.75, 3.05) is 0 Å². The molecule has 2 aromatic rings. The van der Waals surface area contributed by atoms with Crippen LogP contribution in [0.15, 0.2) is 54.6 Å². The molecule has 0 radical (unpaired) electrons. The van der Waals surface area contributed by atoms with Crippen molar-refractivity contribution in [1.29, 1.82) is 5.41 Å². The number of ketones is 1. The lowest BCUT2D eigenvalue weighted by molar-refractivity contribution is 0.0993. The number of benzene rings is 2. The van der Waals surface area contributed by atoms with E-state index in [9.17, 15) is 4.79 Å². The second kappa shape index (κ2) is 5.27. The van der Waals surface area contributed by atoms with Crippen molar-refractivity contribution in [2.24, 2.45) is 5.73 Å². The number of Topliss-reactive ketones (excluding diaryl/α,β-unsaturated/α-hetero) is 1. The SMILES string of the molecule is N=C(N)c1ccc(CC(=O)c2ccccc2)cc1. The predicted molar refractivity (Wildman–Crippen MR) is 71.9 cm³/mol. The number of nitrogens with two attached hydrogens (primary N) is 1. The zero-order chi connectivity index (χ0) is 13.0. The van der Waals surface area contributed by atoms with Crippen LogP contribution in [0.2, 0.25) is 0 Å². The van der Waals surface area contributed by atoms with Crippen molar-refractivity contribution in [3.05, 3.63) is 71.3 Å². The highest BCUT2D eigenvalue weighted by Gasteiger charge is 2.06. The summed E-state index contributed by atoms with van der Waals surface area (Å²) >= 11 is 0. The summed E-state index contributed by atoms with van der Waals surface area (Å²) in [5, 5.41) is 7.29. The molecule has 0 heterocycles. The van der Waals surface area contributed by atoms with Crippen LogP contribution in [-0.4, -0.2) is 11.6 Å². The molecule has 0 bridgehead atoms. The number of nitrogen functional groups attached to an aromatic ring is 1. The molecule has 3 N–H and O–H groups in total. The molecule has 0 aliphatic carbocycles. The predicted octanol–water partition coefficient (Wildman–Crippen LogP) is 2.40. The Hall–Kier alpha value is -2.42. The van der Waals surface area contributed by atoms with Gasteiger partial charge >= 0.3 is 0 Å². The molecule has 0 aliphatic heterocycles. The Morgan fingerprint density at radius 3 is 2.11 bits per heavy atom. The summed E-state index contributed by atoms with van der Waals surface area (Å²) in [7, 11) is 0. The molecule has 0 fully saturated rings. The van der Waals surface area contributed by atoms with Gasteiger partial charge in [0.2, 0.25) is 0 Å². The average Bonchev–Trinajstić information content (AvgIpc) is 2.40. The fourth-order valence-corrected chi connectivity index (χ4v) is 1.71. The number of hydrogen-bond acceptors (Lipinski definition) is 2. The van der Waals surface area contributed by atoms with Gasteiger partial charge in [0.15, 0.2) is 5.78 Å². The molecule has 0 spiro atoms. The third kappa shape index (κ3) is 2.83. The maximum Gasteiger partial charge on any atom is 0.167 e. The number of amidine groups is 1. The third-order valence-electron chi connectivity index (χ3n) is 2.73. The van der Waals surface area contributed by atoms with Gasteiger partial charge in [0.25, 0.3) is 0 Å². The molecule has 0 aliphatic rings. The molecule has 0 amide bonds. The van der Waals surface area contributed by atoms with Crippen molar-refractivity contribution in [3.8, 4) is 0 Å². The summed E-state index contributed by atoms with van der Waals surface area (Å²) in [4.78, 5) is 12.0. The number of nitrogens with one attached hydrogen (secondary N) is 1. The minimum atomic E-state index is 0.0379. The normalized spacial score (nSPS) is 10.0. The minimum Gasteiger partial charge on any atom is -0.384 e. The maximum absolute atomic E-state index is 12.0. The first kappa shape index (κ1) is 12.0. The van der Waals surface area contributed by atoms with Crippen LogP contribution in [0.3, 0.4) is 0 Å². The van der Waals surface area contributed by atoms with Crippen molar-refractivity contribution >= 4 is 11.6 Å². The molecule has 18 heavy (non-hydrogen) atoms. The van der Waals surface area contributed by atoms with Gasteiger partial charge in [-0.25, -0.2) is 0 Å². The first-order valence-corrected chi connectivity index (χ1v) is 5.68. The maximum atomic E-state index is 12.0. The summed E-state index contributed by atoms with van der Waals surface area (Å²) < 4.78 is 0. The molecule has 0 unspecified atom stereocenters. The minimum absolute atomic E-state index is 0.0379. The van der Waals surface area contributed by atoms with Gasteiger partial charge in [-0.1, -0.05) is 54.6 Å². The lowest BCUT2D eigenvalue weighted by Gasteiger charge is -2.03. The van der Waals surface area contributed by atoms with Crippen LogP contribution < -0.4 is 5.73 Å². The van der Waals surface area contributed by atoms with E-state index in [1.54, 1.807) is 12.1 Å². The van der Waals surface area contributed by atoms with Gasteiger partial charge in [-0.15, -0.1) is 0 Å². The van der Waals surface area contributed by atoms with E-state index in [1.165, 1.54) is 0 Å². The molecular formula is C15H14N2O. The molecule has 2 rings (SSSR count). The van der Waals surface area contributed by atoms with Gasteiger partial charge < -0.3 is 5.73 Å². The lowest BCUT2D eigenvalue weighted by Crippen LogP contribution is -2.11. The van der Waals surface area contributed by atoms with E-state index in [2.05, 4.69) is 0 Å². The van der Waals surface area contributed by atoms with Gasteiger partial charge in [0.1, 0.15) is 5.84 Å². The highest BCUT2D eigenvalue weighted by Crippen LogP contribution is 2.09. The Kier molecular flexibility index (Phi) is 3.53. The Morgan fingerprint density at radius 1 is 0.944 bits per heavy atom. The molecule has 0 saturated heterocycles. The lowest BCUT2D eigenvalue weighted by atomic mass is 10.0. The molecule has 90 valence electrons. The van der Waals surface area contributed by atoms with E-state index in [1.807, 2.05) is 42.5 Å². The van der Waals surface area contributed by atoms with Crippen LogP contribution in [0.4, 0.5) is 0 Å². The van der Waals surface area contributed by atoms with Crippen LogP contribution in [-0.2, 0) is 6.42 Å². The third-order valence-corrected chi connectivity index (χ3v) is 2.73. The van der Waals surface area contributed by atoms with Gasteiger partial charge in [-0.3, -0.25) is 10.2 Å². The fraction of sp³-hybridized carbons (Fsp3) is 0.0667. The van der Waals surface area contributed by atoms with E-state index < -0.39 is 0 Å². The van der Waals surface area contributed by atoms with Gasteiger partial charge in [-0.2, -0.15) is 0 Å². The van der Waals surface area contributed by atoms with Gasteiger partial charge in [-0.05, 0) is 5.56 Å². The number of rotatable bonds is 4. The first-order chi connectivity index (χ1) is 8.66. The van der Waals surface area contributed by atoms with Crippen molar-refractivity contribution < 1.29 is 4.79 Å².